The molecule has 1 amide bonds. The Bertz CT molecular complexity index is 908. The molecule has 0 bridgehead atoms. The van der Waals surface area contributed by atoms with Gasteiger partial charge in [0.15, 0.2) is 0 Å². The van der Waals surface area contributed by atoms with E-state index in [1.54, 1.807) is 23.1 Å². The van der Waals surface area contributed by atoms with Gasteiger partial charge in [-0.05, 0) is 42.2 Å². The molecule has 1 aliphatic heterocycles. The van der Waals surface area contributed by atoms with Gasteiger partial charge in [-0.1, -0.05) is 25.1 Å². The number of rotatable bonds is 5. The molecule has 1 fully saturated rings. The first kappa shape index (κ1) is 18.3. The summed E-state index contributed by atoms with van der Waals surface area (Å²) in [4.78, 5) is 17.1. The molecule has 1 aliphatic rings. The van der Waals surface area contributed by atoms with Gasteiger partial charge < -0.3 is 9.32 Å². The van der Waals surface area contributed by atoms with Crippen molar-refractivity contribution in [2.75, 3.05) is 18.8 Å². The van der Waals surface area contributed by atoms with Crippen LogP contribution in [0.4, 0.5) is 0 Å². The molecule has 0 aliphatic carbocycles. The molecule has 1 saturated heterocycles. The van der Waals surface area contributed by atoms with Crippen LogP contribution < -0.4 is 0 Å². The van der Waals surface area contributed by atoms with Crippen molar-refractivity contribution in [3.8, 4) is 10.8 Å². The number of benzene rings is 1. The smallest absolute Gasteiger partial charge is 0.257 e. The van der Waals surface area contributed by atoms with Crippen LogP contribution in [0.3, 0.4) is 0 Å². The standard InChI is InChI=1S/C20H21N3O2S2/c1-2-26-16-9-4-3-8-15(16)20(24)23-11-5-7-14(13-23)18-21-22-19(25-18)17-10-6-12-27-17/h3-4,6,8-10,12,14H,2,5,7,11,13H2,1H3. The van der Waals surface area contributed by atoms with E-state index < -0.39 is 0 Å². The molecule has 7 heteroatoms. The number of likely N-dealkylation sites (tertiary alicyclic amines) is 1. The number of thioether (sulfide) groups is 1. The fraction of sp³-hybridized carbons (Fsp3) is 0.350. The van der Waals surface area contributed by atoms with Crippen LogP contribution in [0.2, 0.25) is 0 Å². The van der Waals surface area contributed by atoms with Crippen molar-refractivity contribution in [1.29, 1.82) is 0 Å². The summed E-state index contributed by atoms with van der Waals surface area (Å²) in [6, 6.07) is 11.8. The highest BCUT2D eigenvalue weighted by molar-refractivity contribution is 7.99. The van der Waals surface area contributed by atoms with E-state index in [9.17, 15) is 4.79 Å². The second-order valence-corrected chi connectivity index (χ2v) is 8.70. The van der Waals surface area contributed by atoms with Gasteiger partial charge in [0.05, 0.1) is 16.4 Å². The number of carbonyl (C=O) groups is 1. The minimum Gasteiger partial charge on any atom is -0.420 e. The Labute approximate surface area is 166 Å². The maximum atomic E-state index is 13.1. The van der Waals surface area contributed by atoms with Crippen LogP contribution in [0.5, 0.6) is 0 Å². The third-order valence-corrected chi connectivity index (χ3v) is 6.46. The van der Waals surface area contributed by atoms with E-state index in [-0.39, 0.29) is 11.8 Å². The highest BCUT2D eigenvalue weighted by Crippen LogP contribution is 2.31. The van der Waals surface area contributed by atoms with Crippen LogP contribution in [-0.2, 0) is 0 Å². The highest BCUT2D eigenvalue weighted by atomic mass is 32.2. The monoisotopic (exact) mass is 399 g/mol. The number of thiophene rings is 1. The first-order chi connectivity index (χ1) is 13.3. The quantitative estimate of drug-likeness (QED) is 0.569. The van der Waals surface area contributed by atoms with Crippen molar-refractivity contribution in [3.05, 3.63) is 53.2 Å². The molecular weight excluding hydrogens is 378 g/mol. The van der Waals surface area contributed by atoms with Gasteiger partial charge in [-0.3, -0.25) is 4.79 Å². The fourth-order valence-electron chi connectivity index (χ4n) is 3.36. The van der Waals surface area contributed by atoms with E-state index in [0.29, 0.717) is 18.3 Å². The Morgan fingerprint density at radius 3 is 3.00 bits per heavy atom. The molecule has 2 aromatic heterocycles. The second kappa shape index (κ2) is 8.27. The molecule has 1 atom stereocenters. The molecule has 0 spiro atoms. The average Bonchev–Trinajstić information content (AvgIpc) is 3.40. The fourth-order valence-corrected chi connectivity index (χ4v) is 4.80. The first-order valence-corrected chi connectivity index (χ1v) is 11.0. The lowest BCUT2D eigenvalue weighted by molar-refractivity contribution is 0.0695. The van der Waals surface area contributed by atoms with Gasteiger partial charge in [0.2, 0.25) is 5.89 Å². The van der Waals surface area contributed by atoms with Gasteiger partial charge >= 0.3 is 0 Å². The maximum absolute atomic E-state index is 13.1. The molecule has 5 nitrogen and oxygen atoms in total. The third-order valence-electron chi connectivity index (χ3n) is 4.65. The Morgan fingerprint density at radius 2 is 2.19 bits per heavy atom. The van der Waals surface area contributed by atoms with Crippen LogP contribution in [0, 0.1) is 0 Å². The largest absolute Gasteiger partial charge is 0.420 e. The maximum Gasteiger partial charge on any atom is 0.257 e. The topological polar surface area (TPSA) is 59.2 Å². The summed E-state index contributed by atoms with van der Waals surface area (Å²) >= 11 is 3.29. The Kier molecular flexibility index (Phi) is 5.59. The summed E-state index contributed by atoms with van der Waals surface area (Å²) in [5.41, 5.74) is 0.787. The van der Waals surface area contributed by atoms with Gasteiger partial charge in [0, 0.05) is 18.0 Å². The molecule has 0 radical (unpaired) electrons. The second-order valence-electron chi connectivity index (χ2n) is 6.44. The zero-order chi connectivity index (χ0) is 18.6. The zero-order valence-electron chi connectivity index (χ0n) is 15.1. The SMILES string of the molecule is CCSc1ccccc1C(=O)N1CCCC(c2nnc(-c3cccs3)o2)C1. The molecule has 0 N–H and O–H groups in total. The van der Waals surface area contributed by atoms with Crippen molar-refractivity contribution in [3.63, 3.8) is 0 Å². The van der Waals surface area contributed by atoms with E-state index in [0.717, 1.165) is 40.5 Å². The molecule has 1 unspecified atom stereocenters. The van der Waals surface area contributed by atoms with Crippen molar-refractivity contribution in [2.45, 2.75) is 30.6 Å². The van der Waals surface area contributed by atoms with Crippen LogP contribution in [-0.4, -0.2) is 39.8 Å². The van der Waals surface area contributed by atoms with Crippen molar-refractivity contribution in [2.24, 2.45) is 0 Å². The van der Waals surface area contributed by atoms with Crippen molar-refractivity contribution < 1.29 is 9.21 Å². The first-order valence-electron chi connectivity index (χ1n) is 9.14. The number of piperidine rings is 1. The summed E-state index contributed by atoms with van der Waals surface area (Å²) in [7, 11) is 0. The van der Waals surface area contributed by atoms with Crippen LogP contribution in [0.25, 0.3) is 10.8 Å². The van der Waals surface area contributed by atoms with E-state index in [4.69, 9.17) is 4.42 Å². The molecule has 3 heterocycles. The minimum atomic E-state index is 0.0919. The normalized spacial score (nSPS) is 17.2. The third kappa shape index (κ3) is 3.94. The van der Waals surface area contributed by atoms with Gasteiger partial charge in [-0.2, -0.15) is 0 Å². The Balaban J connectivity index is 1.51. The molecule has 0 saturated carbocycles. The predicted molar refractivity (Wildman–Crippen MR) is 108 cm³/mol. The molecule has 140 valence electrons. The van der Waals surface area contributed by atoms with E-state index >= 15 is 0 Å². The number of hydrogen-bond acceptors (Lipinski definition) is 6. The average molecular weight is 400 g/mol. The number of amides is 1. The number of aromatic nitrogens is 2. The molecule has 3 aromatic rings. The number of carbonyl (C=O) groups excluding carboxylic acids is 1. The van der Waals surface area contributed by atoms with Crippen LogP contribution >= 0.6 is 23.1 Å². The lowest BCUT2D eigenvalue weighted by Gasteiger charge is -2.31. The van der Waals surface area contributed by atoms with Gasteiger partial charge in [-0.15, -0.1) is 33.3 Å². The number of hydrogen-bond donors (Lipinski definition) is 0. The molecular formula is C20H21N3O2S2. The van der Waals surface area contributed by atoms with Crippen molar-refractivity contribution in [1.82, 2.24) is 15.1 Å². The van der Waals surface area contributed by atoms with Crippen LogP contribution in [0.15, 0.2) is 51.1 Å². The van der Waals surface area contributed by atoms with Gasteiger partial charge in [0.25, 0.3) is 11.8 Å². The zero-order valence-corrected chi connectivity index (χ0v) is 16.8. The summed E-state index contributed by atoms with van der Waals surface area (Å²) < 4.78 is 5.91. The minimum absolute atomic E-state index is 0.0919. The van der Waals surface area contributed by atoms with Crippen LogP contribution in [0.1, 0.15) is 41.9 Å². The van der Waals surface area contributed by atoms with E-state index in [1.807, 2.05) is 46.7 Å². The van der Waals surface area contributed by atoms with E-state index in [1.165, 1.54) is 0 Å². The lowest BCUT2D eigenvalue weighted by Crippen LogP contribution is -2.39. The van der Waals surface area contributed by atoms with E-state index in [2.05, 4.69) is 17.1 Å². The van der Waals surface area contributed by atoms with Crippen molar-refractivity contribution >= 4 is 29.0 Å². The summed E-state index contributed by atoms with van der Waals surface area (Å²) in [5.74, 6) is 2.32. The molecule has 4 rings (SSSR count). The Hall–Kier alpha value is -2.12. The predicted octanol–water partition coefficient (Wildman–Crippen LogP) is 4.93. The Morgan fingerprint density at radius 1 is 1.30 bits per heavy atom. The summed E-state index contributed by atoms with van der Waals surface area (Å²) in [6.45, 7) is 3.49. The molecule has 1 aromatic carbocycles. The summed E-state index contributed by atoms with van der Waals surface area (Å²) in [5, 5.41) is 10.4. The summed E-state index contributed by atoms with van der Waals surface area (Å²) in [6.07, 6.45) is 1.90. The van der Waals surface area contributed by atoms with Gasteiger partial charge in [0.1, 0.15) is 0 Å². The molecule has 27 heavy (non-hydrogen) atoms. The van der Waals surface area contributed by atoms with Gasteiger partial charge in [-0.25, -0.2) is 0 Å². The highest BCUT2D eigenvalue weighted by Gasteiger charge is 2.30. The lowest BCUT2D eigenvalue weighted by atomic mass is 9.97. The number of nitrogens with zero attached hydrogens (tertiary/aromatic N) is 3.